The Morgan fingerprint density at radius 2 is 1.84 bits per heavy atom. The predicted octanol–water partition coefficient (Wildman–Crippen LogP) is 3.18. The largest absolute Gasteiger partial charge is 0.493 e. The number of esters is 1. The van der Waals surface area contributed by atoms with E-state index in [9.17, 15) is 9.59 Å². The van der Waals surface area contributed by atoms with E-state index in [4.69, 9.17) is 9.47 Å². The number of rotatable bonds is 7. The molecule has 2 aromatic carbocycles. The topological polar surface area (TPSA) is 64.6 Å². The molecule has 0 unspecified atom stereocenters. The summed E-state index contributed by atoms with van der Waals surface area (Å²) in [5.41, 5.74) is 3.53. The lowest BCUT2D eigenvalue weighted by atomic mass is 10.1. The second-order valence-corrected chi connectivity index (χ2v) is 5.70. The van der Waals surface area contributed by atoms with Gasteiger partial charge in [-0.15, -0.1) is 0 Å². The van der Waals surface area contributed by atoms with Crippen molar-refractivity contribution in [1.29, 1.82) is 0 Å². The van der Waals surface area contributed by atoms with E-state index in [0.29, 0.717) is 17.9 Å². The van der Waals surface area contributed by atoms with Gasteiger partial charge in [0.1, 0.15) is 18.9 Å². The first-order valence-corrected chi connectivity index (χ1v) is 8.23. The quantitative estimate of drug-likeness (QED) is 0.786. The Morgan fingerprint density at radius 3 is 2.60 bits per heavy atom. The van der Waals surface area contributed by atoms with Crippen LogP contribution in [0.25, 0.3) is 0 Å². The number of aryl methyl sites for hydroxylation is 2. The van der Waals surface area contributed by atoms with Gasteiger partial charge in [0, 0.05) is 0 Å². The van der Waals surface area contributed by atoms with Crippen LogP contribution in [0.1, 0.15) is 34.0 Å². The van der Waals surface area contributed by atoms with Gasteiger partial charge in [0.05, 0.1) is 12.2 Å². The third kappa shape index (κ3) is 5.35. The van der Waals surface area contributed by atoms with E-state index >= 15 is 0 Å². The van der Waals surface area contributed by atoms with Crippen molar-refractivity contribution in [2.45, 2.75) is 27.4 Å². The molecular weight excluding hydrogens is 318 g/mol. The lowest BCUT2D eigenvalue weighted by molar-refractivity contribution is -0.143. The van der Waals surface area contributed by atoms with Crippen LogP contribution in [0.5, 0.6) is 5.75 Å². The van der Waals surface area contributed by atoms with Crippen molar-refractivity contribution in [3.05, 3.63) is 64.7 Å². The Balaban J connectivity index is 1.87. The van der Waals surface area contributed by atoms with Crippen molar-refractivity contribution >= 4 is 11.9 Å². The molecule has 0 atom stereocenters. The zero-order valence-corrected chi connectivity index (χ0v) is 14.8. The number of nitrogens with one attached hydrogen (secondary N) is 1. The normalized spacial score (nSPS) is 10.2. The third-order valence-corrected chi connectivity index (χ3v) is 3.72. The highest BCUT2D eigenvalue weighted by Crippen LogP contribution is 2.17. The highest BCUT2D eigenvalue weighted by molar-refractivity contribution is 5.98. The molecule has 1 amide bonds. The summed E-state index contributed by atoms with van der Waals surface area (Å²) < 4.78 is 10.7. The highest BCUT2D eigenvalue weighted by atomic mass is 16.5. The van der Waals surface area contributed by atoms with Crippen LogP contribution < -0.4 is 10.1 Å². The molecule has 132 valence electrons. The van der Waals surface area contributed by atoms with E-state index in [0.717, 1.165) is 16.7 Å². The average Bonchev–Trinajstić information content (AvgIpc) is 2.61. The Kier molecular flexibility index (Phi) is 6.57. The van der Waals surface area contributed by atoms with Gasteiger partial charge < -0.3 is 14.8 Å². The third-order valence-electron chi connectivity index (χ3n) is 3.72. The summed E-state index contributed by atoms with van der Waals surface area (Å²) >= 11 is 0. The van der Waals surface area contributed by atoms with Crippen molar-refractivity contribution < 1.29 is 19.1 Å². The SMILES string of the molecule is CCOc1ccccc1C(=O)NCC(=O)OCc1cc(C)ccc1C. The van der Waals surface area contributed by atoms with Crippen LogP contribution in [0, 0.1) is 13.8 Å². The summed E-state index contributed by atoms with van der Waals surface area (Å²) in [4.78, 5) is 24.1. The Labute approximate surface area is 148 Å². The molecule has 0 aliphatic carbocycles. The average molecular weight is 341 g/mol. The van der Waals surface area contributed by atoms with Gasteiger partial charge >= 0.3 is 5.97 Å². The van der Waals surface area contributed by atoms with Crippen LogP contribution in [-0.4, -0.2) is 25.0 Å². The van der Waals surface area contributed by atoms with E-state index in [-0.39, 0.29) is 19.1 Å². The minimum atomic E-state index is -0.483. The van der Waals surface area contributed by atoms with Crippen molar-refractivity contribution in [2.75, 3.05) is 13.2 Å². The number of hydrogen-bond donors (Lipinski definition) is 1. The van der Waals surface area contributed by atoms with Crippen LogP contribution in [0.15, 0.2) is 42.5 Å². The summed E-state index contributed by atoms with van der Waals surface area (Å²) in [6, 6.07) is 12.9. The smallest absolute Gasteiger partial charge is 0.325 e. The van der Waals surface area contributed by atoms with Crippen LogP contribution in [0.2, 0.25) is 0 Å². The molecule has 0 radical (unpaired) electrons. The van der Waals surface area contributed by atoms with Gasteiger partial charge in [-0.2, -0.15) is 0 Å². The van der Waals surface area contributed by atoms with Gasteiger partial charge in [-0.05, 0) is 44.0 Å². The molecule has 0 saturated heterocycles. The van der Waals surface area contributed by atoms with E-state index in [1.807, 2.05) is 39.0 Å². The number of para-hydroxylation sites is 1. The van der Waals surface area contributed by atoms with Crippen molar-refractivity contribution in [3.63, 3.8) is 0 Å². The maximum absolute atomic E-state index is 12.2. The first-order valence-electron chi connectivity index (χ1n) is 8.23. The summed E-state index contributed by atoms with van der Waals surface area (Å²) in [6.45, 7) is 6.26. The lowest BCUT2D eigenvalue weighted by Gasteiger charge is -2.11. The second-order valence-electron chi connectivity index (χ2n) is 5.70. The maximum Gasteiger partial charge on any atom is 0.325 e. The Hall–Kier alpha value is -2.82. The van der Waals surface area contributed by atoms with Crippen LogP contribution in [0.3, 0.4) is 0 Å². The van der Waals surface area contributed by atoms with E-state index in [2.05, 4.69) is 5.32 Å². The van der Waals surface area contributed by atoms with Crippen molar-refractivity contribution in [2.24, 2.45) is 0 Å². The first-order chi connectivity index (χ1) is 12.0. The number of amides is 1. The molecule has 1 N–H and O–H groups in total. The number of carbonyl (C=O) groups is 2. The first kappa shape index (κ1) is 18.5. The number of hydrogen-bond acceptors (Lipinski definition) is 4. The molecular formula is C20H23NO4. The van der Waals surface area contributed by atoms with Gasteiger partial charge in [0.25, 0.3) is 5.91 Å². The summed E-state index contributed by atoms with van der Waals surface area (Å²) in [5, 5.41) is 2.57. The molecule has 0 aromatic heterocycles. The van der Waals surface area contributed by atoms with Gasteiger partial charge in [-0.1, -0.05) is 35.9 Å². The summed E-state index contributed by atoms with van der Waals surface area (Å²) in [7, 11) is 0. The Morgan fingerprint density at radius 1 is 1.08 bits per heavy atom. The van der Waals surface area contributed by atoms with E-state index in [1.54, 1.807) is 24.3 Å². The molecule has 0 fully saturated rings. The predicted molar refractivity (Wildman–Crippen MR) is 95.7 cm³/mol. The molecule has 0 heterocycles. The lowest BCUT2D eigenvalue weighted by Crippen LogP contribution is -2.30. The van der Waals surface area contributed by atoms with Gasteiger partial charge in [-0.3, -0.25) is 9.59 Å². The van der Waals surface area contributed by atoms with Gasteiger partial charge in [-0.25, -0.2) is 0 Å². The fraction of sp³-hybridized carbons (Fsp3) is 0.300. The van der Waals surface area contributed by atoms with E-state index < -0.39 is 5.97 Å². The van der Waals surface area contributed by atoms with Crippen LogP contribution in [0.4, 0.5) is 0 Å². The van der Waals surface area contributed by atoms with Crippen molar-refractivity contribution in [3.8, 4) is 5.75 Å². The number of benzene rings is 2. The number of ether oxygens (including phenoxy) is 2. The molecule has 2 aromatic rings. The molecule has 2 rings (SSSR count). The zero-order chi connectivity index (χ0) is 18.2. The molecule has 25 heavy (non-hydrogen) atoms. The molecule has 0 bridgehead atoms. The molecule has 0 aliphatic rings. The summed E-state index contributed by atoms with van der Waals surface area (Å²) in [6.07, 6.45) is 0. The second kappa shape index (κ2) is 8.87. The van der Waals surface area contributed by atoms with Crippen molar-refractivity contribution in [1.82, 2.24) is 5.32 Å². The maximum atomic E-state index is 12.2. The molecule has 0 aliphatic heterocycles. The van der Waals surface area contributed by atoms with Gasteiger partial charge in [0.2, 0.25) is 0 Å². The van der Waals surface area contributed by atoms with E-state index in [1.165, 1.54) is 0 Å². The van der Waals surface area contributed by atoms with Crippen LogP contribution in [-0.2, 0) is 16.1 Å². The summed E-state index contributed by atoms with van der Waals surface area (Å²) in [5.74, 6) is -0.359. The van der Waals surface area contributed by atoms with Gasteiger partial charge in [0.15, 0.2) is 0 Å². The molecule has 0 spiro atoms. The zero-order valence-electron chi connectivity index (χ0n) is 14.8. The molecule has 5 heteroatoms. The monoisotopic (exact) mass is 341 g/mol. The molecule has 0 saturated carbocycles. The minimum Gasteiger partial charge on any atom is -0.493 e. The minimum absolute atomic E-state index is 0.190. The number of carbonyl (C=O) groups excluding carboxylic acids is 2. The highest BCUT2D eigenvalue weighted by Gasteiger charge is 2.13. The fourth-order valence-electron chi connectivity index (χ4n) is 2.35. The van der Waals surface area contributed by atoms with Crippen LogP contribution >= 0.6 is 0 Å². The fourth-order valence-corrected chi connectivity index (χ4v) is 2.35. The standard InChI is InChI=1S/C20H23NO4/c1-4-24-18-8-6-5-7-17(18)20(23)21-12-19(22)25-13-16-11-14(2)9-10-15(16)3/h5-11H,4,12-13H2,1-3H3,(H,21,23). The molecule has 5 nitrogen and oxygen atoms in total. The Bertz CT molecular complexity index is 755.